The molecular weight excluding hydrogens is 180 g/mol. The number of hydrogen-bond donors (Lipinski definition) is 1. The predicted molar refractivity (Wildman–Crippen MR) is 53.8 cm³/mol. The molecule has 0 radical (unpaired) electrons. The maximum Gasteiger partial charge on any atom is 0.0988 e. The summed E-state index contributed by atoms with van der Waals surface area (Å²) in [6.07, 6.45) is 4.84. The van der Waals surface area contributed by atoms with Gasteiger partial charge in [0.05, 0.1) is 16.2 Å². The molecule has 2 fully saturated rings. The molecule has 0 unspecified atom stereocenters. The molecule has 2 aliphatic rings. The van der Waals surface area contributed by atoms with E-state index in [-0.39, 0.29) is 5.54 Å². The SMILES string of the molecule is CC1(c2nc(C3(N)CC3)cs2)CC1. The van der Waals surface area contributed by atoms with Crippen LogP contribution in [0, 0.1) is 0 Å². The van der Waals surface area contributed by atoms with Crippen molar-refractivity contribution in [1.29, 1.82) is 0 Å². The Balaban J connectivity index is 1.94. The van der Waals surface area contributed by atoms with Gasteiger partial charge in [0, 0.05) is 10.8 Å². The Labute approximate surface area is 82.2 Å². The number of rotatable bonds is 2. The average Bonchev–Trinajstić information content (AvgIpc) is 2.98. The highest BCUT2D eigenvalue weighted by molar-refractivity contribution is 7.09. The third-order valence-electron chi connectivity index (χ3n) is 3.32. The molecule has 2 N–H and O–H groups in total. The van der Waals surface area contributed by atoms with Gasteiger partial charge in [-0.2, -0.15) is 0 Å². The van der Waals surface area contributed by atoms with E-state index in [1.807, 2.05) is 0 Å². The highest BCUT2D eigenvalue weighted by Crippen LogP contribution is 2.50. The van der Waals surface area contributed by atoms with Crippen LogP contribution in [0.15, 0.2) is 5.38 Å². The normalized spacial score (nSPS) is 27.2. The molecule has 3 rings (SSSR count). The van der Waals surface area contributed by atoms with Gasteiger partial charge < -0.3 is 5.73 Å². The van der Waals surface area contributed by atoms with E-state index in [4.69, 9.17) is 5.73 Å². The fraction of sp³-hybridized carbons (Fsp3) is 0.700. The zero-order valence-corrected chi connectivity index (χ0v) is 8.66. The minimum atomic E-state index is -0.0417. The third-order valence-corrected chi connectivity index (χ3v) is 4.47. The summed E-state index contributed by atoms with van der Waals surface area (Å²) in [5.41, 5.74) is 7.60. The first kappa shape index (κ1) is 7.94. The van der Waals surface area contributed by atoms with Gasteiger partial charge in [0.15, 0.2) is 0 Å². The summed E-state index contributed by atoms with van der Waals surface area (Å²) in [4.78, 5) is 4.67. The van der Waals surface area contributed by atoms with Gasteiger partial charge in [0.25, 0.3) is 0 Å². The van der Waals surface area contributed by atoms with E-state index >= 15 is 0 Å². The number of hydrogen-bond acceptors (Lipinski definition) is 3. The lowest BCUT2D eigenvalue weighted by Crippen LogP contribution is -2.19. The Kier molecular flexibility index (Phi) is 1.31. The first-order chi connectivity index (χ1) is 6.12. The quantitative estimate of drug-likeness (QED) is 0.783. The summed E-state index contributed by atoms with van der Waals surface area (Å²) in [7, 11) is 0. The van der Waals surface area contributed by atoms with Crippen LogP contribution in [0.25, 0.3) is 0 Å². The lowest BCUT2D eigenvalue weighted by Gasteiger charge is -2.04. The van der Waals surface area contributed by atoms with Crippen LogP contribution in [0.2, 0.25) is 0 Å². The summed E-state index contributed by atoms with van der Waals surface area (Å²) in [5.74, 6) is 0. The zero-order valence-electron chi connectivity index (χ0n) is 7.84. The van der Waals surface area contributed by atoms with Gasteiger partial charge in [-0.25, -0.2) is 4.98 Å². The fourth-order valence-electron chi connectivity index (χ4n) is 1.57. The molecule has 2 saturated carbocycles. The van der Waals surface area contributed by atoms with Crippen LogP contribution >= 0.6 is 11.3 Å². The molecule has 0 aromatic carbocycles. The Hall–Kier alpha value is -0.410. The number of thiazole rings is 1. The van der Waals surface area contributed by atoms with Crippen LogP contribution in [0.5, 0.6) is 0 Å². The van der Waals surface area contributed by atoms with Gasteiger partial charge in [0.2, 0.25) is 0 Å². The van der Waals surface area contributed by atoms with Crippen molar-refractivity contribution in [3.63, 3.8) is 0 Å². The van der Waals surface area contributed by atoms with Crippen LogP contribution in [-0.2, 0) is 11.0 Å². The molecule has 0 spiro atoms. The highest BCUT2D eigenvalue weighted by atomic mass is 32.1. The standard InChI is InChI=1S/C10H14N2S/c1-9(2-3-9)8-12-7(6-13-8)10(11)4-5-10/h6H,2-5,11H2,1H3. The van der Waals surface area contributed by atoms with Crippen molar-refractivity contribution in [2.75, 3.05) is 0 Å². The van der Waals surface area contributed by atoms with Crippen molar-refractivity contribution < 1.29 is 0 Å². The van der Waals surface area contributed by atoms with E-state index in [2.05, 4.69) is 17.3 Å². The Morgan fingerprint density at radius 1 is 1.38 bits per heavy atom. The summed E-state index contributed by atoms with van der Waals surface area (Å²) < 4.78 is 0. The van der Waals surface area contributed by atoms with E-state index in [9.17, 15) is 0 Å². The topological polar surface area (TPSA) is 38.9 Å². The molecule has 2 nitrogen and oxygen atoms in total. The molecular formula is C10H14N2S. The van der Waals surface area contributed by atoms with E-state index in [1.54, 1.807) is 11.3 Å². The Bertz CT molecular complexity index is 315. The Morgan fingerprint density at radius 3 is 2.62 bits per heavy atom. The largest absolute Gasteiger partial charge is 0.320 e. The van der Waals surface area contributed by atoms with Crippen LogP contribution in [-0.4, -0.2) is 4.98 Å². The summed E-state index contributed by atoms with van der Waals surface area (Å²) in [6.45, 7) is 2.30. The second kappa shape index (κ2) is 2.15. The van der Waals surface area contributed by atoms with Crippen molar-refractivity contribution in [3.8, 4) is 0 Å². The van der Waals surface area contributed by atoms with Crippen LogP contribution in [0.3, 0.4) is 0 Å². The maximum absolute atomic E-state index is 6.09. The molecule has 1 heterocycles. The van der Waals surface area contributed by atoms with Crippen LogP contribution in [0.4, 0.5) is 0 Å². The lowest BCUT2D eigenvalue weighted by atomic mass is 10.1. The molecule has 3 heteroatoms. The highest BCUT2D eigenvalue weighted by Gasteiger charge is 2.46. The second-order valence-electron chi connectivity index (χ2n) is 4.75. The summed E-state index contributed by atoms with van der Waals surface area (Å²) in [5, 5.41) is 3.46. The van der Waals surface area contributed by atoms with Crippen molar-refractivity contribution in [3.05, 3.63) is 16.1 Å². The zero-order chi connectivity index (χ0) is 9.10. The van der Waals surface area contributed by atoms with Gasteiger partial charge in [-0.3, -0.25) is 0 Å². The molecule has 1 aromatic heterocycles. The molecule has 0 atom stereocenters. The number of nitrogens with two attached hydrogens (primary N) is 1. The molecule has 0 saturated heterocycles. The molecule has 13 heavy (non-hydrogen) atoms. The van der Waals surface area contributed by atoms with Crippen molar-refractivity contribution >= 4 is 11.3 Å². The smallest absolute Gasteiger partial charge is 0.0988 e. The molecule has 70 valence electrons. The van der Waals surface area contributed by atoms with Gasteiger partial charge in [0.1, 0.15) is 0 Å². The molecule has 0 aliphatic heterocycles. The predicted octanol–water partition coefficient (Wildman–Crippen LogP) is 2.14. The van der Waals surface area contributed by atoms with Gasteiger partial charge >= 0.3 is 0 Å². The van der Waals surface area contributed by atoms with E-state index < -0.39 is 0 Å². The number of nitrogens with zero attached hydrogens (tertiary/aromatic N) is 1. The molecule has 1 aromatic rings. The van der Waals surface area contributed by atoms with E-state index in [1.165, 1.54) is 17.8 Å². The minimum Gasteiger partial charge on any atom is -0.320 e. The average molecular weight is 194 g/mol. The van der Waals surface area contributed by atoms with Gasteiger partial charge in [-0.15, -0.1) is 11.3 Å². The minimum absolute atomic E-state index is 0.0417. The number of aromatic nitrogens is 1. The van der Waals surface area contributed by atoms with Crippen molar-refractivity contribution in [2.24, 2.45) is 5.73 Å². The summed E-state index contributed by atoms with van der Waals surface area (Å²) in [6, 6.07) is 0. The first-order valence-corrected chi connectivity index (χ1v) is 5.76. The van der Waals surface area contributed by atoms with E-state index in [0.29, 0.717) is 5.41 Å². The Morgan fingerprint density at radius 2 is 2.08 bits per heavy atom. The van der Waals surface area contributed by atoms with Crippen molar-refractivity contribution in [1.82, 2.24) is 4.98 Å². The van der Waals surface area contributed by atoms with Crippen molar-refractivity contribution in [2.45, 2.75) is 43.6 Å². The van der Waals surface area contributed by atoms with Crippen LogP contribution < -0.4 is 5.73 Å². The second-order valence-corrected chi connectivity index (χ2v) is 5.61. The maximum atomic E-state index is 6.09. The molecule has 0 bridgehead atoms. The lowest BCUT2D eigenvalue weighted by molar-refractivity contribution is 0.692. The molecule has 2 aliphatic carbocycles. The third kappa shape index (κ3) is 1.14. The van der Waals surface area contributed by atoms with E-state index in [0.717, 1.165) is 18.5 Å². The first-order valence-electron chi connectivity index (χ1n) is 4.88. The monoisotopic (exact) mass is 194 g/mol. The summed E-state index contributed by atoms with van der Waals surface area (Å²) >= 11 is 1.79. The molecule has 0 amide bonds. The van der Waals surface area contributed by atoms with Gasteiger partial charge in [-0.05, 0) is 25.7 Å². The fourth-order valence-corrected chi connectivity index (χ4v) is 2.72. The van der Waals surface area contributed by atoms with Crippen LogP contribution in [0.1, 0.15) is 43.3 Å². The van der Waals surface area contributed by atoms with Gasteiger partial charge in [-0.1, -0.05) is 6.92 Å².